The molecule has 0 saturated carbocycles. The lowest BCUT2D eigenvalue weighted by molar-refractivity contribution is -0.358. The summed E-state index contributed by atoms with van der Waals surface area (Å²) in [5.41, 5.74) is 0. The molecule has 0 radical (unpaired) electrons. The van der Waals surface area contributed by atoms with Gasteiger partial charge < -0.3 is 35.6 Å². The van der Waals surface area contributed by atoms with Crippen molar-refractivity contribution < 1.29 is 40.9 Å². The van der Waals surface area contributed by atoms with Crippen LogP contribution in [0.15, 0.2) is 0 Å². The van der Waals surface area contributed by atoms with Gasteiger partial charge in [0.2, 0.25) is 0 Å². The third-order valence-corrected chi connectivity index (χ3v) is 2.34. The lowest BCUT2D eigenvalue weighted by Crippen LogP contribution is -2.71. The maximum absolute atomic E-state index is 12.1. The van der Waals surface area contributed by atoms with Crippen LogP contribution < -0.4 is 5.31 Å². The van der Waals surface area contributed by atoms with Crippen LogP contribution in [0, 0.1) is 0 Å². The summed E-state index contributed by atoms with van der Waals surface area (Å²) < 4.78 is 23.9. The molecule has 5 atom stereocenters. The van der Waals surface area contributed by atoms with Crippen molar-refractivity contribution in [2.45, 2.75) is 30.3 Å². The van der Waals surface area contributed by atoms with E-state index in [4.69, 9.17) is 6.52 Å². The van der Waals surface area contributed by atoms with E-state index in [1.165, 1.54) is 0 Å². The Kier molecular flexibility index (Phi) is 3.86. The molecule has 1 amide bonds. The number of amides is 1. The van der Waals surface area contributed by atoms with Crippen molar-refractivity contribution in [2.24, 2.45) is 0 Å². The lowest BCUT2D eigenvalue weighted by Gasteiger charge is -2.44. The first kappa shape index (κ1) is 12.6. The molecule has 8 nitrogen and oxygen atoms in total. The molecular weight excluding hydrogens is 241 g/mol. The number of rotatable bonds is 3. The molecule has 0 bridgehead atoms. The predicted molar refractivity (Wildman–Crippen MR) is 49.0 cm³/mol. The Morgan fingerprint density at radius 3 is 2.53 bits per heavy atom. The van der Waals surface area contributed by atoms with Crippen molar-refractivity contribution in [3.05, 3.63) is 0 Å². The highest BCUT2D eigenvalue weighted by Gasteiger charge is 2.53. The van der Waals surface area contributed by atoms with Crippen LogP contribution in [-0.4, -0.2) is 75.0 Å². The van der Waals surface area contributed by atoms with Crippen molar-refractivity contribution in [3.63, 3.8) is 0 Å². The molecule has 1 heterocycles. The number of aliphatic hydroxyl groups is 5. The zero-order valence-corrected chi connectivity index (χ0v) is 8.60. The highest BCUT2D eigenvalue weighted by atomic mass is 19.1. The van der Waals surface area contributed by atoms with Gasteiger partial charge in [-0.1, -0.05) is 0 Å². The maximum Gasteiger partial charge on any atom is 0.279 e. The molecule has 0 aromatic carbocycles. The molecule has 1 rings (SSSR count). The first-order valence-electron chi connectivity index (χ1n) is 5.17. The highest BCUT2D eigenvalue weighted by molar-refractivity contribution is 5.77. The standard InChI is InChI=1S/C8H14FNO7/c9-1-4(12)10-8(16)7(15)6(14)5(13)3(2-11)17-8/h3,5-7,11,13-16H,1-2H2,(H,10,12)/t3-,5-,6+,7-,8?/m1/s1/i/hD. The number of aliphatic hydroxyl groups excluding tert-OH is 4. The van der Waals surface area contributed by atoms with Gasteiger partial charge >= 0.3 is 0 Å². The Morgan fingerprint density at radius 2 is 2.06 bits per heavy atom. The van der Waals surface area contributed by atoms with Gasteiger partial charge in [-0.05, 0) is 0 Å². The van der Waals surface area contributed by atoms with E-state index in [1.807, 2.05) is 0 Å². The normalized spacial score (nSPS) is 43.1. The maximum atomic E-state index is 12.1. The second-order valence-electron chi connectivity index (χ2n) is 3.56. The molecule has 1 aliphatic heterocycles. The summed E-state index contributed by atoms with van der Waals surface area (Å²) in [7, 11) is 0. The molecular formula is C8H14FNO7. The molecule has 6 N–H and O–H groups in total. The van der Waals surface area contributed by atoms with Crippen molar-refractivity contribution in [3.8, 4) is 0 Å². The number of hydrogen-bond acceptors (Lipinski definition) is 7. The molecule has 0 aromatic rings. The minimum atomic E-state index is -3.06. The molecule has 9 heteroatoms. The second kappa shape index (κ2) is 5.21. The fourth-order valence-corrected chi connectivity index (χ4v) is 1.44. The van der Waals surface area contributed by atoms with E-state index in [-0.39, 0.29) is 0 Å². The minimum absolute atomic E-state index is 0.393. The summed E-state index contributed by atoms with van der Waals surface area (Å²) in [6.07, 6.45) is -7.53. The van der Waals surface area contributed by atoms with Gasteiger partial charge in [-0.3, -0.25) is 4.79 Å². The number of carbonyl (C=O) groups excluding carboxylic acids is 1. The first-order chi connectivity index (χ1) is 8.29. The van der Waals surface area contributed by atoms with E-state index in [0.717, 1.165) is 0 Å². The first-order valence-corrected chi connectivity index (χ1v) is 4.72. The second-order valence-corrected chi connectivity index (χ2v) is 3.56. The van der Waals surface area contributed by atoms with E-state index in [9.17, 15) is 29.6 Å². The number of hydrogen-bond donors (Lipinski definition) is 6. The zero-order chi connectivity index (χ0) is 14.1. The molecule has 1 aliphatic rings. The SMILES string of the molecule is [2H]N(C(=O)CF)C1(O)O[C@H](CO)[C@@H](O)[C@H](O)[C@H]1O. The smallest absolute Gasteiger partial charge is 0.279 e. The Labute approximate surface area is 96.7 Å². The summed E-state index contributed by atoms with van der Waals surface area (Å²) in [4.78, 5) is 11.0. The number of alkyl halides is 1. The largest absolute Gasteiger partial charge is 0.394 e. The van der Waals surface area contributed by atoms with E-state index >= 15 is 0 Å². The molecule has 17 heavy (non-hydrogen) atoms. The average molecular weight is 256 g/mol. The van der Waals surface area contributed by atoms with Crippen molar-refractivity contribution in [2.75, 3.05) is 13.3 Å². The zero-order valence-electron chi connectivity index (χ0n) is 9.60. The van der Waals surface area contributed by atoms with Crippen LogP contribution >= 0.6 is 0 Å². The molecule has 0 spiro atoms. The fourth-order valence-electron chi connectivity index (χ4n) is 1.44. The molecule has 100 valence electrons. The van der Waals surface area contributed by atoms with Crippen molar-refractivity contribution in [1.82, 2.24) is 5.31 Å². The van der Waals surface area contributed by atoms with E-state index in [1.54, 1.807) is 0 Å². The number of carbonyl (C=O) groups is 1. The summed E-state index contributed by atoms with van der Waals surface area (Å²) in [5.74, 6) is -4.59. The Bertz CT molecular complexity index is 320. The number of halogens is 1. The third kappa shape index (κ3) is 2.70. The summed E-state index contributed by atoms with van der Waals surface area (Å²) in [6, 6.07) is 0. The lowest BCUT2D eigenvalue weighted by atomic mass is 9.96. The summed E-state index contributed by atoms with van der Waals surface area (Å²) >= 11 is 0. The van der Waals surface area contributed by atoms with Gasteiger partial charge in [0.15, 0.2) is 14.2 Å². The molecule has 1 fully saturated rings. The Hall–Kier alpha value is -0.840. The highest BCUT2D eigenvalue weighted by Crippen LogP contribution is 2.26. The van der Waals surface area contributed by atoms with Gasteiger partial charge in [0, 0.05) is 0 Å². The third-order valence-electron chi connectivity index (χ3n) is 2.34. The minimum Gasteiger partial charge on any atom is -0.394 e. The van der Waals surface area contributed by atoms with Crippen LogP contribution in [0.4, 0.5) is 4.39 Å². The molecule has 0 aromatic heterocycles. The van der Waals surface area contributed by atoms with E-state index in [2.05, 4.69) is 4.74 Å². The van der Waals surface area contributed by atoms with E-state index < -0.39 is 54.8 Å². The topological polar surface area (TPSA) is 139 Å². The van der Waals surface area contributed by atoms with Crippen LogP contribution in [0.2, 0.25) is 1.41 Å². The summed E-state index contributed by atoms with van der Waals surface area (Å²) in [5, 5.41) is 46.5. The van der Waals surface area contributed by atoms with Crippen LogP contribution in [0.3, 0.4) is 0 Å². The van der Waals surface area contributed by atoms with E-state index in [0.29, 0.717) is 0 Å². The molecule has 0 aliphatic carbocycles. The Morgan fingerprint density at radius 1 is 1.47 bits per heavy atom. The molecule has 1 saturated heterocycles. The van der Waals surface area contributed by atoms with Gasteiger partial charge in [0.05, 0.1) is 6.61 Å². The van der Waals surface area contributed by atoms with Crippen LogP contribution in [0.1, 0.15) is 0 Å². The summed E-state index contributed by atoms with van der Waals surface area (Å²) in [6.45, 7) is -2.49. The fraction of sp³-hybridized carbons (Fsp3) is 0.875. The van der Waals surface area contributed by atoms with Gasteiger partial charge in [0.1, 0.15) is 18.3 Å². The molecule has 1 unspecified atom stereocenters. The van der Waals surface area contributed by atoms with Gasteiger partial charge in [0.25, 0.3) is 11.8 Å². The Balaban J connectivity index is 3.01. The van der Waals surface area contributed by atoms with Crippen LogP contribution in [0.5, 0.6) is 0 Å². The monoisotopic (exact) mass is 256 g/mol. The van der Waals surface area contributed by atoms with Crippen molar-refractivity contribution >= 4 is 5.91 Å². The quantitative estimate of drug-likeness (QED) is 0.284. The van der Waals surface area contributed by atoms with Crippen LogP contribution in [-0.2, 0) is 9.53 Å². The van der Waals surface area contributed by atoms with Gasteiger partial charge in [-0.2, -0.15) is 0 Å². The van der Waals surface area contributed by atoms with Gasteiger partial charge in [-0.15, -0.1) is 0 Å². The average Bonchev–Trinajstić information content (AvgIpc) is 2.38. The van der Waals surface area contributed by atoms with Crippen molar-refractivity contribution in [1.29, 1.82) is 0 Å². The number of nitrogens with one attached hydrogen (secondary N) is 1. The predicted octanol–water partition coefficient (Wildman–Crippen LogP) is -3.81. The van der Waals surface area contributed by atoms with Crippen LogP contribution in [0.25, 0.3) is 0 Å². The number of ether oxygens (including phenoxy) is 1. The van der Waals surface area contributed by atoms with Gasteiger partial charge in [-0.25, -0.2) is 4.39 Å².